The molecule has 7 nitrogen and oxygen atoms in total. The van der Waals surface area contributed by atoms with E-state index in [1.807, 2.05) is 36.4 Å². The van der Waals surface area contributed by atoms with Gasteiger partial charge in [0.1, 0.15) is 0 Å². The summed E-state index contributed by atoms with van der Waals surface area (Å²) in [6, 6.07) is 14.6. The van der Waals surface area contributed by atoms with Crippen LogP contribution in [0.3, 0.4) is 0 Å². The molecular weight excluding hydrogens is 368 g/mol. The molecule has 0 bridgehead atoms. The fourth-order valence-electron chi connectivity index (χ4n) is 2.88. The quantitative estimate of drug-likeness (QED) is 0.513. The minimum atomic E-state index is -0.530. The molecule has 150 valence electrons. The standard InChI is InChI=1S/C22H24N4O3/c1-22(2,3)15-10-8-14(9-11-15)20(28)24-13-19(27)25-26-21(29)17-12-23-18-7-5-4-6-16(17)18/h4-12,23H,13H2,1-3H3,(H,24,28)(H,25,27)(H,26,29). The Morgan fingerprint density at radius 3 is 2.28 bits per heavy atom. The van der Waals surface area contributed by atoms with E-state index in [1.165, 1.54) is 0 Å². The molecule has 0 aliphatic rings. The maximum atomic E-state index is 12.3. The van der Waals surface area contributed by atoms with E-state index in [1.54, 1.807) is 18.3 Å². The van der Waals surface area contributed by atoms with Gasteiger partial charge in [-0.2, -0.15) is 0 Å². The van der Waals surface area contributed by atoms with Crippen molar-refractivity contribution in [2.24, 2.45) is 0 Å². The minimum Gasteiger partial charge on any atom is -0.360 e. The first-order valence-corrected chi connectivity index (χ1v) is 9.30. The van der Waals surface area contributed by atoms with E-state index >= 15 is 0 Å². The Bertz CT molecular complexity index is 1050. The predicted octanol–water partition coefficient (Wildman–Crippen LogP) is 2.66. The Balaban J connectivity index is 1.49. The summed E-state index contributed by atoms with van der Waals surface area (Å²) >= 11 is 0. The van der Waals surface area contributed by atoms with Crippen molar-refractivity contribution in [3.63, 3.8) is 0 Å². The second kappa shape index (κ2) is 8.18. The zero-order valence-corrected chi connectivity index (χ0v) is 16.6. The second-order valence-electron chi connectivity index (χ2n) is 7.76. The molecule has 0 aliphatic carbocycles. The molecular formula is C22H24N4O3. The predicted molar refractivity (Wildman–Crippen MR) is 111 cm³/mol. The van der Waals surface area contributed by atoms with Gasteiger partial charge in [0.25, 0.3) is 17.7 Å². The van der Waals surface area contributed by atoms with E-state index in [-0.39, 0.29) is 17.9 Å². The van der Waals surface area contributed by atoms with Crippen LogP contribution in [0, 0.1) is 0 Å². The molecule has 2 aromatic carbocycles. The Hall–Kier alpha value is -3.61. The molecule has 29 heavy (non-hydrogen) atoms. The summed E-state index contributed by atoms with van der Waals surface area (Å²) < 4.78 is 0. The lowest BCUT2D eigenvalue weighted by molar-refractivity contribution is -0.120. The molecule has 0 saturated carbocycles. The number of hydrogen-bond acceptors (Lipinski definition) is 3. The molecule has 3 aromatic rings. The van der Waals surface area contributed by atoms with Crippen molar-refractivity contribution in [1.82, 2.24) is 21.2 Å². The molecule has 1 aromatic heterocycles. The van der Waals surface area contributed by atoms with Crippen LogP contribution in [-0.2, 0) is 10.2 Å². The zero-order chi connectivity index (χ0) is 21.0. The highest BCUT2D eigenvalue weighted by atomic mass is 16.2. The number of aromatic nitrogens is 1. The second-order valence-corrected chi connectivity index (χ2v) is 7.76. The Morgan fingerprint density at radius 1 is 0.897 bits per heavy atom. The number of para-hydroxylation sites is 1. The summed E-state index contributed by atoms with van der Waals surface area (Å²) in [5, 5.41) is 3.29. The van der Waals surface area contributed by atoms with Gasteiger partial charge in [-0.15, -0.1) is 0 Å². The largest absolute Gasteiger partial charge is 0.360 e. The number of benzene rings is 2. The third-order valence-electron chi connectivity index (χ3n) is 4.57. The molecule has 0 atom stereocenters. The third-order valence-corrected chi connectivity index (χ3v) is 4.57. The highest BCUT2D eigenvalue weighted by molar-refractivity contribution is 6.07. The fourth-order valence-corrected chi connectivity index (χ4v) is 2.88. The van der Waals surface area contributed by atoms with Crippen LogP contribution in [0.25, 0.3) is 10.9 Å². The first-order chi connectivity index (χ1) is 13.8. The lowest BCUT2D eigenvalue weighted by Crippen LogP contribution is -2.46. The fraction of sp³-hybridized carbons (Fsp3) is 0.227. The van der Waals surface area contributed by atoms with Crippen LogP contribution in [-0.4, -0.2) is 29.3 Å². The lowest BCUT2D eigenvalue weighted by atomic mass is 9.87. The Labute approximate surface area is 168 Å². The van der Waals surface area contributed by atoms with Crippen molar-refractivity contribution in [2.75, 3.05) is 6.54 Å². The molecule has 3 amide bonds. The van der Waals surface area contributed by atoms with Crippen molar-refractivity contribution in [2.45, 2.75) is 26.2 Å². The number of amides is 3. The maximum Gasteiger partial charge on any atom is 0.271 e. The number of hydrazine groups is 1. The molecule has 0 spiro atoms. The normalized spacial score (nSPS) is 11.1. The van der Waals surface area contributed by atoms with Crippen molar-refractivity contribution in [1.29, 1.82) is 0 Å². The average Bonchev–Trinajstić information content (AvgIpc) is 3.14. The number of rotatable bonds is 4. The summed E-state index contributed by atoms with van der Waals surface area (Å²) in [4.78, 5) is 39.4. The van der Waals surface area contributed by atoms with Crippen molar-refractivity contribution >= 4 is 28.6 Å². The van der Waals surface area contributed by atoms with Gasteiger partial charge in [-0.25, -0.2) is 0 Å². The summed E-state index contributed by atoms with van der Waals surface area (Å²) in [5.74, 6) is -1.33. The van der Waals surface area contributed by atoms with Crippen LogP contribution in [0.1, 0.15) is 47.1 Å². The molecule has 0 radical (unpaired) electrons. The molecule has 0 aliphatic heterocycles. The SMILES string of the molecule is CC(C)(C)c1ccc(C(=O)NCC(=O)NNC(=O)c2c[nH]c3ccccc23)cc1. The van der Waals surface area contributed by atoms with Gasteiger partial charge in [-0.3, -0.25) is 25.2 Å². The number of aromatic amines is 1. The summed E-state index contributed by atoms with van der Waals surface area (Å²) in [6.45, 7) is 6.03. The smallest absolute Gasteiger partial charge is 0.271 e. The highest BCUT2D eigenvalue weighted by Gasteiger charge is 2.15. The number of carbonyl (C=O) groups excluding carboxylic acids is 3. The van der Waals surface area contributed by atoms with Gasteiger partial charge in [-0.1, -0.05) is 51.1 Å². The summed E-state index contributed by atoms with van der Waals surface area (Å²) in [7, 11) is 0. The van der Waals surface area contributed by atoms with Gasteiger partial charge in [0, 0.05) is 22.7 Å². The summed E-state index contributed by atoms with van der Waals surface area (Å²) in [6.07, 6.45) is 1.58. The number of carbonyl (C=O) groups is 3. The maximum absolute atomic E-state index is 12.3. The van der Waals surface area contributed by atoms with Crippen LogP contribution in [0.15, 0.2) is 54.7 Å². The topological polar surface area (TPSA) is 103 Å². The van der Waals surface area contributed by atoms with Crippen LogP contribution < -0.4 is 16.2 Å². The first kappa shape index (κ1) is 20.1. The van der Waals surface area contributed by atoms with Crippen LogP contribution in [0.2, 0.25) is 0 Å². The molecule has 0 fully saturated rings. The molecule has 1 heterocycles. The van der Waals surface area contributed by atoms with Gasteiger partial charge in [0.15, 0.2) is 0 Å². The van der Waals surface area contributed by atoms with Gasteiger partial charge in [0.2, 0.25) is 0 Å². The summed E-state index contributed by atoms with van der Waals surface area (Å²) in [5.41, 5.74) is 7.49. The van der Waals surface area contributed by atoms with Gasteiger partial charge in [-0.05, 0) is 29.2 Å². The number of nitrogens with one attached hydrogen (secondary N) is 4. The molecule has 0 unspecified atom stereocenters. The van der Waals surface area contributed by atoms with Crippen LogP contribution in [0.5, 0.6) is 0 Å². The number of hydrogen-bond donors (Lipinski definition) is 4. The highest BCUT2D eigenvalue weighted by Crippen LogP contribution is 2.22. The van der Waals surface area contributed by atoms with E-state index in [4.69, 9.17) is 0 Å². The average molecular weight is 392 g/mol. The van der Waals surface area contributed by atoms with Crippen molar-refractivity contribution in [3.8, 4) is 0 Å². The van der Waals surface area contributed by atoms with Crippen molar-refractivity contribution < 1.29 is 14.4 Å². The zero-order valence-electron chi connectivity index (χ0n) is 16.6. The number of fused-ring (bicyclic) bond motifs is 1. The van der Waals surface area contributed by atoms with Gasteiger partial charge >= 0.3 is 0 Å². The van der Waals surface area contributed by atoms with Gasteiger partial charge < -0.3 is 10.3 Å². The molecule has 7 heteroatoms. The van der Waals surface area contributed by atoms with Crippen LogP contribution in [0.4, 0.5) is 0 Å². The Kier molecular flexibility index (Phi) is 5.68. The molecule has 4 N–H and O–H groups in total. The lowest BCUT2D eigenvalue weighted by Gasteiger charge is -2.19. The molecule has 0 saturated heterocycles. The van der Waals surface area contributed by atoms with Crippen LogP contribution >= 0.6 is 0 Å². The monoisotopic (exact) mass is 392 g/mol. The van der Waals surface area contributed by atoms with E-state index in [0.717, 1.165) is 16.5 Å². The van der Waals surface area contributed by atoms with E-state index < -0.39 is 11.8 Å². The minimum absolute atomic E-state index is 0.00209. The van der Waals surface area contributed by atoms with E-state index in [2.05, 4.69) is 41.9 Å². The molecule has 3 rings (SSSR count). The van der Waals surface area contributed by atoms with E-state index in [9.17, 15) is 14.4 Å². The third kappa shape index (κ3) is 4.82. The number of H-pyrrole nitrogens is 1. The first-order valence-electron chi connectivity index (χ1n) is 9.30. The Morgan fingerprint density at radius 2 is 1.59 bits per heavy atom. The van der Waals surface area contributed by atoms with Gasteiger partial charge in [0.05, 0.1) is 12.1 Å². The van der Waals surface area contributed by atoms with E-state index in [0.29, 0.717) is 11.1 Å². The van der Waals surface area contributed by atoms with Crippen molar-refractivity contribution in [3.05, 3.63) is 71.4 Å².